The van der Waals surface area contributed by atoms with Gasteiger partial charge in [0.25, 0.3) is 0 Å². The second kappa shape index (κ2) is 23.1. The molecule has 6 nitrogen and oxygen atoms in total. The van der Waals surface area contributed by atoms with Crippen LogP contribution >= 0.6 is 0 Å². The maximum absolute atomic E-state index is 7.73. The minimum absolute atomic E-state index is 0. The molecule has 0 atom stereocenters. The van der Waals surface area contributed by atoms with E-state index in [2.05, 4.69) is 3.48 Å². The van der Waals surface area contributed by atoms with Gasteiger partial charge in [-0.2, -0.15) is 0 Å². The Kier molecular flexibility index (Phi) is 83.1. The van der Waals surface area contributed by atoms with E-state index in [1.165, 1.54) is 0 Å². The second-order valence-corrected chi connectivity index (χ2v) is 1.19. The molecule has 0 aromatic heterocycles. The Morgan fingerprint density at radius 2 is 1.22 bits per heavy atom. The zero-order chi connectivity index (χ0) is 4.28. The van der Waals surface area contributed by atoms with Crippen molar-refractivity contribution in [3.63, 3.8) is 0 Å². The van der Waals surface area contributed by atoms with Gasteiger partial charge in [0.1, 0.15) is 0 Å². The normalized spacial score (nSPS) is 4.44. The van der Waals surface area contributed by atoms with Crippen LogP contribution in [0.3, 0.4) is 0 Å². The van der Waals surface area contributed by atoms with Crippen LogP contribution in [0.4, 0.5) is 0 Å². The molecule has 0 rings (SSSR count). The predicted molar refractivity (Wildman–Crippen MR) is 32.1 cm³/mol. The van der Waals surface area contributed by atoms with Crippen molar-refractivity contribution in [2.24, 2.45) is 0 Å². The van der Waals surface area contributed by atoms with Crippen LogP contribution in [0.5, 0.6) is 0 Å². The van der Waals surface area contributed by atoms with Crippen molar-refractivity contribution in [2.45, 2.75) is 0 Å². The topological polar surface area (TPSA) is 144 Å². The van der Waals surface area contributed by atoms with Crippen LogP contribution in [-0.4, -0.2) is 51.2 Å². The molecule has 0 amide bonds. The van der Waals surface area contributed by atoms with E-state index >= 15 is 0 Å². The Hall–Kier alpha value is 0.981. The first-order chi connectivity index (χ1) is 2.27. The third kappa shape index (κ3) is 49.3. The summed E-state index contributed by atoms with van der Waals surface area (Å²) in [6.07, 6.45) is 0. The summed E-state index contributed by atoms with van der Waals surface area (Å²) in [5.41, 5.74) is 0. The van der Waals surface area contributed by atoms with Crippen LogP contribution in [0.1, 0.15) is 0 Å². The summed E-state index contributed by atoms with van der Waals surface area (Å²) in [5.74, 6) is 0. The fourth-order valence-corrected chi connectivity index (χ4v) is 0. The molecular formula is H11AlBO6Zn. The molecule has 0 unspecified atom stereocenters. The van der Waals surface area contributed by atoms with Crippen LogP contribution in [0.25, 0.3) is 0 Å². The van der Waals surface area contributed by atoms with Crippen molar-refractivity contribution in [3.8, 4) is 0 Å². The molecule has 9 heteroatoms. The Morgan fingerprint density at radius 3 is 1.22 bits per heavy atom. The number of rotatable bonds is 1. The minimum Gasteiger partial charge on any atom is 0.187 e. The smallest absolute Gasteiger partial charge is 0.187 e. The summed E-state index contributed by atoms with van der Waals surface area (Å²) in [6.45, 7) is 0. The van der Waals surface area contributed by atoms with Crippen molar-refractivity contribution in [1.82, 2.24) is 0 Å². The van der Waals surface area contributed by atoms with Crippen molar-refractivity contribution in [3.05, 3.63) is 0 Å². The van der Waals surface area contributed by atoms with Gasteiger partial charge in [-0.25, -0.2) is 0 Å². The van der Waals surface area contributed by atoms with Gasteiger partial charge in [-0.15, -0.1) is 0 Å². The third-order valence-electron chi connectivity index (χ3n) is 0.149. The Bertz CT molecular complexity index is 27.0. The standard InChI is InChI=1S/Al.BH2O3.3H2O.Zn.3H/c;2-1(3)4;;;;;;;/h;2-3H;3*1H2;;;;/q;-1;;;;+1;;;. The number of hydrogen-bond acceptors (Lipinski definition) is 3. The van der Waals surface area contributed by atoms with Crippen LogP contribution < -0.4 is 0 Å². The van der Waals surface area contributed by atoms with Gasteiger partial charge in [-0.1, -0.05) is 0 Å². The van der Waals surface area contributed by atoms with E-state index in [-0.39, 0.29) is 33.8 Å². The van der Waals surface area contributed by atoms with Gasteiger partial charge in [0.05, 0.1) is 0 Å². The minimum atomic E-state index is -1.56. The molecule has 0 aliphatic heterocycles. The predicted octanol–water partition coefficient (Wildman–Crippen LogP) is -5.22. The van der Waals surface area contributed by atoms with Crippen LogP contribution in [0.2, 0.25) is 0 Å². The van der Waals surface area contributed by atoms with Crippen LogP contribution in [0, 0.1) is 0 Å². The van der Waals surface area contributed by atoms with Gasteiger partial charge >= 0.3 is 39.5 Å². The molecular weight excluding hydrogens is 199 g/mol. The summed E-state index contributed by atoms with van der Waals surface area (Å²) in [7, 11) is -1.56. The largest absolute Gasteiger partial charge is 0.187 e. The molecule has 0 bridgehead atoms. The van der Waals surface area contributed by atoms with Gasteiger partial charge in [0.2, 0.25) is 0 Å². The fraction of sp³-hybridized carbons (Fsp3) is 0. The second-order valence-electron chi connectivity index (χ2n) is 0.493. The molecule has 0 saturated carbocycles. The summed E-state index contributed by atoms with van der Waals surface area (Å²) >= 11 is 0.456. The monoisotopic (exact) mass is 209 g/mol. The van der Waals surface area contributed by atoms with E-state index in [4.69, 9.17) is 10.0 Å². The van der Waals surface area contributed by atoms with E-state index in [9.17, 15) is 0 Å². The van der Waals surface area contributed by atoms with Crippen molar-refractivity contribution in [1.29, 1.82) is 0 Å². The first kappa shape index (κ1) is 32.4. The summed E-state index contributed by atoms with van der Waals surface area (Å²) < 4.78 is 3.99. The summed E-state index contributed by atoms with van der Waals surface area (Å²) in [4.78, 5) is 0. The zero-order valence-corrected chi connectivity index (χ0v) is 7.05. The third-order valence-corrected chi connectivity index (χ3v) is 0.775. The van der Waals surface area contributed by atoms with Gasteiger partial charge < -0.3 is 16.4 Å². The van der Waals surface area contributed by atoms with Gasteiger partial charge in [-0.3, -0.25) is 0 Å². The molecule has 0 aliphatic carbocycles. The molecule has 0 aromatic rings. The average Bonchev–Trinajstić information content (AvgIpc) is 1.38. The first-order valence-electron chi connectivity index (χ1n) is 1.04. The van der Waals surface area contributed by atoms with E-state index in [1.807, 2.05) is 0 Å². The van der Waals surface area contributed by atoms with Gasteiger partial charge in [0, 0.05) is 0 Å². The molecule has 0 radical (unpaired) electrons. The molecule has 0 heterocycles. The molecule has 9 heavy (non-hydrogen) atoms. The number of hydrogen-bond donors (Lipinski definition) is 2. The van der Waals surface area contributed by atoms with Crippen molar-refractivity contribution in [2.75, 3.05) is 0 Å². The molecule has 0 aromatic carbocycles. The van der Waals surface area contributed by atoms with Crippen LogP contribution in [-0.2, 0) is 22.1 Å². The van der Waals surface area contributed by atoms with E-state index < -0.39 is 7.32 Å². The van der Waals surface area contributed by atoms with E-state index in [0.29, 0.717) is 18.7 Å². The maximum atomic E-state index is 7.73. The zero-order valence-electron chi connectivity index (χ0n) is 4.09. The molecule has 0 spiro atoms. The quantitative estimate of drug-likeness (QED) is 0.417. The SMILES string of the molecule is O.O.O.OB(O)[O][Zn].[AlH3]. The van der Waals surface area contributed by atoms with Crippen molar-refractivity contribution < 1.29 is 48.6 Å². The maximum Gasteiger partial charge on any atom is 0.187 e. The van der Waals surface area contributed by atoms with Crippen molar-refractivity contribution >= 4 is 24.7 Å². The van der Waals surface area contributed by atoms with Gasteiger partial charge in [0.15, 0.2) is 17.4 Å². The molecule has 0 fully saturated rings. The molecule has 8 N–H and O–H groups in total. The Morgan fingerprint density at radius 1 is 1.11 bits per heavy atom. The average molecular weight is 210 g/mol. The first-order valence-corrected chi connectivity index (χ1v) is 2.25. The van der Waals surface area contributed by atoms with Gasteiger partial charge in [-0.05, 0) is 0 Å². The fourth-order valence-electron chi connectivity index (χ4n) is 0. The summed E-state index contributed by atoms with van der Waals surface area (Å²) in [5, 5.41) is 15.5. The van der Waals surface area contributed by atoms with Crippen LogP contribution in [0.15, 0.2) is 0 Å². The van der Waals surface area contributed by atoms with E-state index in [1.54, 1.807) is 0 Å². The Labute approximate surface area is 73.5 Å². The summed E-state index contributed by atoms with van der Waals surface area (Å²) in [6, 6.07) is 0. The Balaban J connectivity index is -0.0000000133. The molecule has 0 saturated heterocycles. The molecule has 55 valence electrons. The molecule has 0 aliphatic rings. The van der Waals surface area contributed by atoms with E-state index in [0.717, 1.165) is 0 Å².